The molecule has 1 aromatic heterocycles. The molecule has 3 rings (SSSR count). The highest BCUT2D eigenvalue weighted by molar-refractivity contribution is 7.94. The van der Waals surface area contributed by atoms with Crippen LogP contribution in [0.25, 0.3) is 0 Å². The Labute approximate surface area is 117 Å². The van der Waals surface area contributed by atoms with Crippen LogP contribution in [0.15, 0.2) is 46.0 Å². The second-order valence-electron chi connectivity index (χ2n) is 4.76. The zero-order valence-electron chi connectivity index (χ0n) is 10.6. The minimum atomic E-state index is -3.40. The lowest BCUT2D eigenvalue weighted by molar-refractivity contribution is 0.580. The average Bonchev–Trinajstić information content (AvgIpc) is 2.94. The number of thiophene rings is 1. The van der Waals surface area contributed by atoms with Crippen molar-refractivity contribution in [3.63, 3.8) is 0 Å². The van der Waals surface area contributed by atoms with Crippen molar-refractivity contribution < 1.29 is 8.42 Å². The largest absolute Gasteiger partial charge is 0.273 e. The second-order valence-corrected chi connectivity index (χ2v) is 7.79. The molecule has 1 aliphatic heterocycles. The van der Waals surface area contributed by atoms with Crippen LogP contribution in [-0.4, -0.2) is 15.0 Å². The maximum atomic E-state index is 12.7. The number of sulfonamides is 1. The fourth-order valence-electron chi connectivity index (χ4n) is 2.49. The zero-order chi connectivity index (χ0) is 13.5. The van der Waals surface area contributed by atoms with Crippen molar-refractivity contribution in [1.29, 1.82) is 0 Å². The first-order valence-electron chi connectivity index (χ1n) is 6.26. The van der Waals surface area contributed by atoms with Gasteiger partial charge in [-0.3, -0.25) is 4.31 Å². The van der Waals surface area contributed by atoms with Gasteiger partial charge in [0.25, 0.3) is 10.0 Å². The zero-order valence-corrected chi connectivity index (χ0v) is 12.2. The summed E-state index contributed by atoms with van der Waals surface area (Å²) in [6.07, 6.45) is 0.863. The molecule has 0 saturated carbocycles. The van der Waals surface area contributed by atoms with E-state index in [1.165, 1.54) is 11.3 Å². The summed E-state index contributed by atoms with van der Waals surface area (Å²) >= 11 is 1.27. The summed E-state index contributed by atoms with van der Waals surface area (Å²) in [6.45, 7) is 2.70. The quantitative estimate of drug-likeness (QED) is 0.850. The number of benzene rings is 1. The van der Waals surface area contributed by atoms with Crippen LogP contribution >= 0.6 is 11.3 Å². The maximum absolute atomic E-state index is 12.7. The third kappa shape index (κ3) is 2.07. The van der Waals surface area contributed by atoms with Crippen molar-refractivity contribution in [3.8, 4) is 0 Å². The van der Waals surface area contributed by atoms with Crippen LogP contribution in [0, 0.1) is 0 Å². The Hall–Kier alpha value is -1.33. The van der Waals surface area contributed by atoms with Gasteiger partial charge in [0.15, 0.2) is 0 Å². The van der Waals surface area contributed by atoms with Crippen LogP contribution in [0.3, 0.4) is 0 Å². The minimum Gasteiger partial charge on any atom is -0.265 e. The van der Waals surface area contributed by atoms with E-state index < -0.39 is 10.0 Å². The van der Waals surface area contributed by atoms with Crippen LogP contribution in [-0.2, 0) is 10.0 Å². The summed E-state index contributed by atoms with van der Waals surface area (Å²) in [4.78, 5) is 0. The third-order valence-electron chi connectivity index (χ3n) is 3.54. The van der Waals surface area contributed by atoms with Crippen molar-refractivity contribution in [3.05, 3.63) is 47.3 Å². The number of hydrogen-bond donors (Lipinski definition) is 0. The molecule has 0 radical (unpaired) electrons. The molecule has 0 bridgehead atoms. The normalized spacial score (nSPS) is 19.2. The molecular weight excluding hydrogens is 278 g/mol. The standard InChI is InChI=1S/C14H15NO2S2/c1-11-8-9-15(13-6-3-2-5-12(11)13)19(16,17)14-7-4-10-18-14/h2-7,10-11H,8-9H2,1H3. The summed E-state index contributed by atoms with van der Waals surface area (Å²) in [5.41, 5.74) is 1.95. The van der Waals surface area contributed by atoms with E-state index in [0.29, 0.717) is 16.7 Å². The number of para-hydroxylation sites is 1. The molecule has 19 heavy (non-hydrogen) atoms. The summed E-state index contributed by atoms with van der Waals surface area (Å²) in [7, 11) is -3.40. The summed E-state index contributed by atoms with van der Waals surface area (Å²) in [5.74, 6) is 0.408. The van der Waals surface area contributed by atoms with Crippen molar-refractivity contribution in [2.45, 2.75) is 23.5 Å². The van der Waals surface area contributed by atoms with Gasteiger partial charge < -0.3 is 0 Å². The van der Waals surface area contributed by atoms with Crippen molar-refractivity contribution in [2.75, 3.05) is 10.8 Å². The average molecular weight is 293 g/mol. The monoisotopic (exact) mass is 293 g/mol. The highest BCUT2D eigenvalue weighted by Crippen LogP contribution is 2.38. The number of hydrogen-bond acceptors (Lipinski definition) is 3. The predicted octanol–water partition coefficient (Wildman–Crippen LogP) is 3.45. The van der Waals surface area contributed by atoms with E-state index in [2.05, 4.69) is 6.92 Å². The third-order valence-corrected chi connectivity index (χ3v) is 6.73. The van der Waals surface area contributed by atoms with Gasteiger partial charge in [-0.05, 0) is 35.4 Å². The van der Waals surface area contributed by atoms with Gasteiger partial charge in [0.05, 0.1) is 5.69 Å². The molecule has 3 nitrogen and oxygen atoms in total. The molecule has 0 saturated heterocycles. The lowest BCUT2D eigenvalue weighted by Gasteiger charge is -2.33. The van der Waals surface area contributed by atoms with Gasteiger partial charge >= 0.3 is 0 Å². The lowest BCUT2D eigenvalue weighted by Crippen LogP contribution is -2.35. The fraction of sp³-hybridized carbons (Fsp3) is 0.286. The lowest BCUT2D eigenvalue weighted by atomic mass is 9.93. The second kappa shape index (κ2) is 4.65. The molecule has 0 N–H and O–H groups in total. The topological polar surface area (TPSA) is 37.4 Å². The Kier molecular flexibility index (Phi) is 3.11. The van der Waals surface area contributed by atoms with Gasteiger partial charge in [-0.1, -0.05) is 31.2 Å². The van der Waals surface area contributed by atoms with E-state index in [0.717, 1.165) is 17.7 Å². The van der Waals surface area contributed by atoms with E-state index >= 15 is 0 Å². The molecule has 2 aromatic rings. The number of nitrogens with zero attached hydrogens (tertiary/aromatic N) is 1. The molecule has 100 valence electrons. The van der Waals surface area contributed by atoms with Crippen LogP contribution < -0.4 is 4.31 Å². The molecule has 1 unspecified atom stereocenters. The van der Waals surface area contributed by atoms with Gasteiger partial charge in [-0.25, -0.2) is 8.42 Å². The van der Waals surface area contributed by atoms with Crippen LogP contribution in [0.4, 0.5) is 5.69 Å². The van der Waals surface area contributed by atoms with Crippen LogP contribution in [0.1, 0.15) is 24.8 Å². The molecule has 1 atom stereocenters. The molecule has 1 aliphatic rings. The highest BCUT2D eigenvalue weighted by Gasteiger charge is 2.31. The van der Waals surface area contributed by atoms with E-state index in [1.54, 1.807) is 21.8 Å². The van der Waals surface area contributed by atoms with Gasteiger partial charge in [0.2, 0.25) is 0 Å². The van der Waals surface area contributed by atoms with Gasteiger partial charge in [0.1, 0.15) is 4.21 Å². The highest BCUT2D eigenvalue weighted by atomic mass is 32.2. The SMILES string of the molecule is CC1CCN(S(=O)(=O)c2cccs2)c2ccccc21. The first-order valence-corrected chi connectivity index (χ1v) is 8.58. The Morgan fingerprint density at radius 3 is 2.74 bits per heavy atom. The number of fused-ring (bicyclic) bond motifs is 1. The fourth-order valence-corrected chi connectivity index (χ4v) is 5.10. The molecule has 1 aromatic carbocycles. The smallest absolute Gasteiger partial charge is 0.265 e. The van der Waals surface area contributed by atoms with Gasteiger partial charge in [-0.2, -0.15) is 0 Å². The summed E-state index contributed by atoms with van der Waals surface area (Å²) in [5, 5.41) is 1.80. The van der Waals surface area contributed by atoms with E-state index in [1.807, 2.05) is 24.3 Å². The van der Waals surface area contributed by atoms with E-state index in [4.69, 9.17) is 0 Å². The van der Waals surface area contributed by atoms with Gasteiger partial charge in [-0.15, -0.1) is 11.3 Å². The maximum Gasteiger partial charge on any atom is 0.273 e. The first-order chi connectivity index (χ1) is 9.10. The van der Waals surface area contributed by atoms with Gasteiger partial charge in [0, 0.05) is 6.54 Å². The summed E-state index contributed by atoms with van der Waals surface area (Å²) in [6, 6.07) is 11.2. The molecule has 0 fully saturated rings. The van der Waals surface area contributed by atoms with E-state index in [-0.39, 0.29) is 0 Å². The van der Waals surface area contributed by atoms with Crippen molar-refractivity contribution in [1.82, 2.24) is 0 Å². The first kappa shape index (κ1) is 12.7. The van der Waals surface area contributed by atoms with Crippen LogP contribution in [0.5, 0.6) is 0 Å². The predicted molar refractivity (Wildman–Crippen MR) is 78.3 cm³/mol. The molecule has 0 amide bonds. The number of rotatable bonds is 2. The van der Waals surface area contributed by atoms with E-state index in [9.17, 15) is 8.42 Å². The Bertz CT molecular complexity index is 677. The summed E-state index contributed by atoms with van der Waals surface area (Å²) < 4.78 is 27.3. The molecular formula is C14H15NO2S2. The molecule has 5 heteroatoms. The number of anilines is 1. The van der Waals surface area contributed by atoms with Crippen molar-refractivity contribution in [2.24, 2.45) is 0 Å². The molecule has 0 spiro atoms. The molecule has 2 heterocycles. The molecule has 0 aliphatic carbocycles. The Morgan fingerprint density at radius 2 is 2.00 bits per heavy atom. The Morgan fingerprint density at radius 1 is 1.21 bits per heavy atom. The Balaban J connectivity index is 2.11. The minimum absolute atomic E-state index is 0.408. The van der Waals surface area contributed by atoms with Crippen molar-refractivity contribution >= 4 is 27.0 Å². The van der Waals surface area contributed by atoms with Crippen LogP contribution in [0.2, 0.25) is 0 Å².